The molecule has 0 aliphatic carbocycles. The van der Waals surface area contributed by atoms with Crippen LogP contribution in [0, 0.1) is 5.82 Å². The lowest BCUT2D eigenvalue weighted by Gasteiger charge is -2.36. The standard InChI is InChI=1S/C19H32FN5S.HI/c1-19(2,26-4)15-23-18(21-3)22-9-10-24-11-13-25(14-12-24)17-7-5-16(20)6-8-17;/h5-8H,9-15H2,1-4H3,(H2,21,22,23);1H. The molecule has 1 aliphatic rings. The molecule has 0 radical (unpaired) electrons. The van der Waals surface area contributed by atoms with Crippen molar-refractivity contribution in [2.24, 2.45) is 4.99 Å². The van der Waals surface area contributed by atoms with E-state index in [2.05, 4.69) is 45.5 Å². The highest BCUT2D eigenvalue weighted by Crippen LogP contribution is 2.19. The molecule has 1 heterocycles. The number of rotatable bonds is 7. The molecule has 2 N–H and O–H groups in total. The van der Waals surface area contributed by atoms with Gasteiger partial charge in [0.15, 0.2) is 5.96 Å². The quantitative estimate of drug-likeness (QED) is 0.336. The Morgan fingerprint density at radius 2 is 1.78 bits per heavy atom. The van der Waals surface area contributed by atoms with E-state index in [1.807, 2.05) is 30.9 Å². The fourth-order valence-corrected chi connectivity index (χ4v) is 3.02. The van der Waals surface area contributed by atoms with Gasteiger partial charge in [0.1, 0.15) is 5.82 Å². The largest absolute Gasteiger partial charge is 0.369 e. The van der Waals surface area contributed by atoms with Crippen LogP contribution in [0.2, 0.25) is 0 Å². The Labute approximate surface area is 184 Å². The van der Waals surface area contributed by atoms with Gasteiger partial charge in [-0.2, -0.15) is 11.8 Å². The molecule has 0 bridgehead atoms. The van der Waals surface area contributed by atoms with Gasteiger partial charge in [-0.15, -0.1) is 24.0 Å². The lowest BCUT2D eigenvalue weighted by Crippen LogP contribution is -2.50. The number of piperazine rings is 1. The van der Waals surface area contributed by atoms with Crippen molar-refractivity contribution in [2.45, 2.75) is 18.6 Å². The molecular weight excluding hydrogens is 476 g/mol. The molecule has 0 aromatic heterocycles. The van der Waals surface area contributed by atoms with Gasteiger partial charge >= 0.3 is 0 Å². The summed E-state index contributed by atoms with van der Waals surface area (Å²) in [7, 11) is 1.81. The van der Waals surface area contributed by atoms with E-state index in [1.54, 1.807) is 0 Å². The molecule has 1 saturated heterocycles. The van der Waals surface area contributed by atoms with Gasteiger partial charge in [0, 0.05) is 63.3 Å². The molecule has 5 nitrogen and oxygen atoms in total. The van der Waals surface area contributed by atoms with Gasteiger partial charge in [0.05, 0.1) is 0 Å². The average molecular weight is 509 g/mol. The van der Waals surface area contributed by atoms with Gasteiger partial charge in [-0.05, 0) is 44.4 Å². The molecule has 0 atom stereocenters. The molecule has 8 heteroatoms. The van der Waals surface area contributed by atoms with Crippen LogP contribution in [0.5, 0.6) is 0 Å². The Hall–Kier alpha value is -0.740. The number of benzene rings is 1. The Morgan fingerprint density at radius 3 is 2.33 bits per heavy atom. The van der Waals surface area contributed by atoms with Crippen LogP contribution in [0.15, 0.2) is 29.3 Å². The maximum atomic E-state index is 13.0. The molecule has 0 spiro atoms. The van der Waals surface area contributed by atoms with Crippen molar-refractivity contribution < 1.29 is 4.39 Å². The third-order valence-electron chi connectivity index (χ3n) is 4.74. The highest BCUT2D eigenvalue weighted by Gasteiger charge is 2.18. The first-order valence-corrected chi connectivity index (χ1v) is 10.4. The zero-order chi connectivity index (χ0) is 19.0. The number of nitrogens with zero attached hydrogens (tertiary/aromatic N) is 3. The van der Waals surface area contributed by atoms with Crippen LogP contribution in [0.1, 0.15) is 13.8 Å². The maximum Gasteiger partial charge on any atom is 0.191 e. The smallest absolute Gasteiger partial charge is 0.191 e. The number of thioether (sulfide) groups is 1. The van der Waals surface area contributed by atoms with Gasteiger partial charge in [-0.25, -0.2) is 4.39 Å². The summed E-state index contributed by atoms with van der Waals surface area (Å²) in [6, 6.07) is 6.78. The summed E-state index contributed by atoms with van der Waals surface area (Å²) in [5.41, 5.74) is 1.10. The summed E-state index contributed by atoms with van der Waals surface area (Å²) in [4.78, 5) is 9.06. The molecule has 27 heavy (non-hydrogen) atoms. The molecule has 0 saturated carbocycles. The van der Waals surface area contributed by atoms with Crippen molar-refractivity contribution in [3.05, 3.63) is 30.1 Å². The van der Waals surface area contributed by atoms with Crippen LogP contribution >= 0.6 is 35.7 Å². The number of nitrogens with one attached hydrogen (secondary N) is 2. The van der Waals surface area contributed by atoms with E-state index in [0.717, 1.165) is 57.5 Å². The van der Waals surface area contributed by atoms with E-state index in [4.69, 9.17) is 0 Å². The second-order valence-corrected chi connectivity index (χ2v) is 8.63. The number of hydrogen-bond donors (Lipinski definition) is 2. The molecule has 1 aliphatic heterocycles. The van der Waals surface area contributed by atoms with E-state index in [1.165, 1.54) is 12.1 Å². The predicted molar refractivity (Wildman–Crippen MR) is 127 cm³/mol. The molecule has 2 rings (SSSR count). The fraction of sp³-hybridized carbons (Fsp3) is 0.632. The fourth-order valence-electron chi connectivity index (χ4n) is 2.80. The number of halogens is 2. The summed E-state index contributed by atoms with van der Waals surface area (Å²) in [6.07, 6.45) is 2.13. The van der Waals surface area contributed by atoms with Crippen molar-refractivity contribution in [1.82, 2.24) is 15.5 Å². The van der Waals surface area contributed by atoms with E-state index >= 15 is 0 Å². The third kappa shape index (κ3) is 8.43. The van der Waals surface area contributed by atoms with Gasteiger partial charge in [0.2, 0.25) is 0 Å². The first-order chi connectivity index (χ1) is 12.4. The van der Waals surface area contributed by atoms with E-state index in [-0.39, 0.29) is 34.5 Å². The molecule has 0 amide bonds. The van der Waals surface area contributed by atoms with Crippen LogP contribution < -0.4 is 15.5 Å². The second kappa shape index (κ2) is 12.0. The van der Waals surface area contributed by atoms with Gasteiger partial charge < -0.3 is 15.5 Å². The van der Waals surface area contributed by atoms with Crippen molar-refractivity contribution in [3.8, 4) is 0 Å². The SMILES string of the molecule is CN=C(NCCN1CCN(c2ccc(F)cc2)CC1)NCC(C)(C)SC.I. The summed E-state index contributed by atoms with van der Waals surface area (Å²) >= 11 is 1.85. The Balaban J connectivity index is 0.00000364. The Kier molecular flexibility index (Phi) is 10.8. The van der Waals surface area contributed by atoms with E-state index in [0.29, 0.717) is 0 Å². The number of anilines is 1. The molecule has 1 fully saturated rings. The molecule has 0 unspecified atom stereocenters. The van der Waals surface area contributed by atoms with Crippen molar-refractivity contribution >= 4 is 47.4 Å². The summed E-state index contributed by atoms with van der Waals surface area (Å²) in [5, 5.41) is 6.79. The Morgan fingerprint density at radius 1 is 1.15 bits per heavy atom. The zero-order valence-corrected chi connectivity index (χ0v) is 19.9. The Bertz CT molecular complexity index is 574. The van der Waals surface area contributed by atoms with Crippen LogP contribution in [0.25, 0.3) is 0 Å². The maximum absolute atomic E-state index is 13.0. The lowest BCUT2D eigenvalue weighted by molar-refractivity contribution is 0.261. The lowest BCUT2D eigenvalue weighted by atomic mass is 10.2. The predicted octanol–water partition coefficient (Wildman–Crippen LogP) is 2.87. The topological polar surface area (TPSA) is 42.9 Å². The average Bonchev–Trinajstić information content (AvgIpc) is 2.66. The molecule has 1 aromatic carbocycles. The van der Waals surface area contributed by atoms with Crippen LogP contribution in [-0.4, -0.2) is 74.7 Å². The van der Waals surface area contributed by atoms with Crippen molar-refractivity contribution in [2.75, 3.05) is 64.0 Å². The highest BCUT2D eigenvalue weighted by molar-refractivity contribution is 14.0. The van der Waals surface area contributed by atoms with Crippen LogP contribution in [0.4, 0.5) is 10.1 Å². The molecule has 154 valence electrons. The van der Waals surface area contributed by atoms with Gasteiger partial charge in [-0.3, -0.25) is 9.89 Å². The first-order valence-electron chi connectivity index (χ1n) is 9.16. The van der Waals surface area contributed by atoms with E-state index in [9.17, 15) is 4.39 Å². The second-order valence-electron chi connectivity index (χ2n) is 7.12. The number of guanidine groups is 1. The first kappa shape index (κ1) is 24.3. The number of hydrogen-bond acceptors (Lipinski definition) is 4. The van der Waals surface area contributed by atoms with Crippen molar-refractivity contribution in [3.63, 3.8) is 0 Å². The highest BCUT2D eigenvalue weighted by atomic mass is 127. The summed E-state index contributed by atoms with van der Waals surface area (Å²) < 4.78 is 13.2. The zero-order valence-electron chi connectivity index (χ0n) is 16.8. The molecule has 1 aromatic rings. The minimum Gasteiger partial charge on any atom is -0.369 e. The normalized spacial score (nSPS) is 16.0. The summed E-state index contributed by atoms with van der Waals surface area (Å²) in [5.74, 6) is 0.679. The number of aliphatic imine (C=N–C) groups is 1. The minimum atomic E-state index is -0.179. The van der Waals surface area contributed by atoms with Crippen molar-refractivity contribution in [1.29, 1.82) is 0 Å². The van der Waals surface area contributed by atoms with Crippen LogP contribution in [0.3, 0.4) is 0 Å². The third-order valence-corrected chi connectivity index (χ3v) is 5.99. The van der Waals surface area contributed by atoms with Crippen LogP contribution in [-0.2, 0) is 0 Å². The van der Waals surface area contributed by atoms with Gasteiger partial charge in [-0.1, -0.05) is 0 Å². The monoisotopic (exact) mass is 509 g/mol. The minimum absolute atomic E-state index is 0. The van der Waals surface area contributed by atoms with Gasteiger partial charge in [0.25, 0.3) is 0 Å². The molecular formula is C19H33FIN5S. The summed E-state index contributed by atoms with van der Waals surface area (Å²) in [6.45, 7) is 11.2. The van der Waals surface area contributed by atoms with E-state index < -0.39 is 0 Å².